The molecule has 7 atom stereocenters. The summed E-state index contributed by atoms with van der Waals surface area (Å²) in [6.07, 6.45) is -5.29. The Morgan fingerprint density at radius 1 is 1.11 bits per heavy atom. The number of aliphatic hydroxyl groups is 3. The van der Waals surface area contributed by atoms with E-state index in [2.05, 4.69) is 0 Å². The first kappa shape index (κ1) is 27.5. The Kier molecular flexibility index (Phi) is 7.15. The number of phenols is 2. The normalized spacial score (nSPS) is 31.6. The van der Waals surface area contributed by atoms with Crippen molar-refractivity contribution in [3.63, 3.8) is 0 Å². The first-order chi connectivity index (χ1) is 16.9. The highest BCUT2D eigenvalue weighted by atomic mass is 35.5. The third-order valence-corrected chi connectivity index (χ3v) is 7.65. The Morgan fingerprint density at radius 3 is 2.22 bits per heavy atom. The van der Waals surface area contributed by atoms with Gasteiger partial charge in [-0.3, -0.25) is 9.59 Å². The average Bonchev–Trinajstić information content (AvgIpc) is 2.82. The molecule has 0 saturated carbocycles. The predicted octanol–water partition coefficient (Wildman–Crippen LogP) is 1.23. The van der Waals surface area contributed by atoms with Crippen LogP contribution in [0.3, 0.4) is 0 Å². The molecule has 0 amide bonds. The van der Waals surface area contributed by atoms with Crippen LogP contribution in [0.2, 0.25) is 0 Å². The van der Waals surface area contributed by atoms with E-state index in [1.807, 2.05) is 0 Å². The van der Waals surface area contributed by atoms with E-state index < -0.39 is 65.4 Å². The van der Waals surface area contributed by atoms with Crippen molar-refractivity contribution < 1.29 is 44.6 Å². The SMILES string of the molecule is C[C@@H]1O[C@@H](O[C@H]2C[C@](O)([C@@H](C)O)Cc3c(O)c4c(c(O)c32)C(=O)c2ccccc2C4=O)C[C@H](N)[C@@H]1O.Cl. The van der Waals surface area contributed by atoms with Crippen LogP contribution in [0.1, 0.15) is 75.8 Å². The van der Waals surface area contributed by atoms with Crippen LogP contribution in [0.4, 0.5) is 0 Å². The fourth-order valence-corrected chi connectivity index (χ4v) is 5.50. The molecule has 5 rings (SSSR count). The number of phenolic OH excluding ortho intramolecular Hbond substituents is 2. The number of benzene rings is 2. The van der Waals surface area contributed by atoms with E-state index in [0.717, 1.165) is 0 Å². The van der Waals surface area contributed by atoms with E-state index in [-0.39, 0.29) is 65.1 Å². The molecule has 1 aliphatic heterocycles. The van der Waals surface area contributed by atoms with Gasteiger partial charge in [-0.1, -0.05) is 24.3 Å². The molecule has 1 heterocycles. The number of ether oxygens (including phenoxy) is 2. The molecule has 0 unspecified atom stereocenters. The second-order valence-corrected chi connectivity index (χ2v) is 9.99. The molecule has 200 valence electrons. The summed E-state index contributed by atoms with van der Waals surface area (Å²) in [7, 11) is 0. The zero-order chi connectivity index (χ0) is 26.1. The van der Waals surface area contributed by atoms with Gasteiger partial charge < -0.3 is 40.7 Å². The quantitative estimate of drug-likeness (QED) is 0.267. The van der Waals surface area contributed by atoms with Crippen molar-refractivity contribution in [1.82, 2.24) is 0 Å². The second kappa shape index (κ2) is 9.63. The minimum absolute atomic E-state index is 0. The van der Waals surface area contributed by atoms with Gasteiger partial charge in [-0.2, -0.15) is 0 Å². The largest absolute Gasteiger partial charge is 0.507 e. The van der Waals surface area contributed by atoms with Crippen LogP contribution in [0, 0.1) is 0 Å². The van der Waals surface area contributed by atoms with Crippen LogP contribution in [0.25, 0.3) is 0 Å². The van der Waals surface area contributed by atoms with Gasteiger partial charge in [-0.05, 0) is 13.8 Å². The molecule has 2 aliphatic carbocycles. The summed E-state index contributed by atoms with van der Waals surface area (Å²) in [6.45, 7) is 3.01. The Bertz CT molecular complexity index is 1250. The highest BCUT2D eigenvalue weighted by molar-refractivity contribution is 6.30. The van der Waals surface area contributed by atoms with Crippen LogP contribution in [-0.4, -0.2) is 73.3 Å². The van der Waals surface area contributed by atoms with Crippen molar-refractivity contribution >= 4 is 24.0 Å². The summed E-state index contributed by atoms with van der Waals surface area (Å²) in [4.78, 5) is 26.6. The first-order valence-electron chi connectivity index (χ1n) is 11.9. The minimum atomic E-state index is -1.78. The zero-order valence-corrected chi connectivity index (χ0v) is 21.1. The third-order valence-electron chi connectivity index (χ3n) is 7.65. The molecule has 3 aliphatic rings. The lowest BCUT2D eigenvalue weighted by atomic mass is 9.71. The van der Waals surface area contributed by atoms with Gasteiger partial charge in [0.25, 0.3) is 0 Å². The lowest BCUT2D eigenvalue weighted by Gasteiger charge is -2.43. The highest BCUT2D eigenvalue weighted by Gasteiger charge is 2.49. The molecule has 7 N–H and O–H groups in total. The first-order valence-corrected chi connectivity index (χ1v) is 11.9. The number of carbonyl (C=O) groups excluding carboxylic acids is 2. The maximum absolute atomic E-state index is 13.3. The molecule has 0 bridgehead atoms. The average molecular weight is 536 g/mol. The molecule has 0 aromatic heterocycles. The highest BCUT2D eigenvalue weighted by Crippen LogP contribution is 2.52. The number of fused-ring (bicyclic) bond motifs is 3. The molecule has 2 aromatic carbocycles. The van der Waals surface area contributed by atoms with Gasteiger partial charge in [0.05, 0.1) is 41.1 Å². The lowest BCUT2D eigenvalue weighted by Crippen LogP contribution is -2.53. The van der Waals surface area contributed by atoms with Gasteiger partial charge in [0.2, 0.25) is 0 Å². The summed E-state index contributed by atoms with van der Waals surface area (Å²) >= 11 is 0. The van der Waals surface area contributed by atoms with Crippen LogP contribution >= 0.6 is 12.4 Å². The van der Waals surface area contributed by atoms with Crippen molar-refractivity contribution in [2.75, 3.05) is 0 Å². The van der Waals surface area contributed by atoms with Crippen molar-refractivity contribution in [2.45, 2.75) is 75.5 Å². The minimum Gasteiger partial charge on any atom is -0.507 e. The summed E-state index contributed by atoms with van der Waals surface area (Å²) in [6, 6.07) is 5.47. The van der Waals surface area contributed by atoms with Crippen molar-refractivity contribution in [3.8, 4) is 11.5 Å². The summed E-state index contributed by atoms with van der Waals surface area (Å²) in [5.74, 6) is -2.35. The van der Waals surface area contributed by atoms with E-state index >= 15 is 0 Å². The van der Waals surface area contributed by atoms with Crippen molar-refractivity contribution in [2.24, 2.45) is 5.73 Å². The number of hydrogen-bond acceptors (Lipinski definition) is 10. The van der Waals surface area contributed by atoms with Crippen molar-refractivity contribution in [1.29, 1.82) is 0 Å². The van der Waals surface area contributed by atoms with Crippen LogP contribution in [0.5, 0.6) is 11.5 Å². The maximum Gasteiger partial charge on any atom is 0.198 e. The summed E-state index contributed by atoms with van der Waals surface area (Å²) in [5, 5.41) is 54.4. The Morgan fingerprint density at radius 2 is 1.68 bits per heavy atom. The standard InChI is InChI=1S/C26H29NO9.ClH/c1-10-21(29)15(27)7-17(35-10)36-16-9-26(34,11(2)28)8-14-18(16)25(33)20-19(24(14)32)22(30)12-5-3-4-6-13(12)23(20)31;/h3-6,10-11,15-17,21,28-29,32-34H,7-9,27H2,1-2H3;1H/t10-,11+,15-,16-,17-,21+,26-;/m0./s1. The number of aliphatic hydroxyl groups excluding tert-OH is 2. The molecule has 2 aromatic rings. The van der Waals surface area contributed by atoms with Gasteiger partial charge in [-0.15, -0.1) is 12.4 Å². The fraction of sp³-hybridized carbons (Fsp3) is 0.462. The van der Waals surface area contributed by atoms with E-state index in [0.29, 0.717) is 0 Å². The van der Waals surface area contributed by atoms with Crippen LogP contribution in [0.15, 0.2) is 24.3 Å². The van der Waals surface area contributed by atoms with E-state index in [1.165, 1.54) is 19.1 Å². The molecule has 1 saturated heterocycles. The van der Waals surface area contributed by atoms with Gasteiger partial charge in [0.15, 0.2) is 17.9 Å². The Balaban J connectivity index is 0.00000320. The molecule has 37 heavy (non-hydrogen) atoms. The zero-order valence-electron chi connectivity index (χ0n) is 20.2. The summed E-state index contributed by atoms with van der Waals surface area (Å²) in [5.41, 5.74) is 3.77. The number of ketones is 2. The number of halogens is 1. The van der Waals surface area contributed by atoms with Crippen LogP contribution < -0.4 is 5.73 Å². The van der Waals surface area contributed by atoms with E-state index in [4.69, 9.17) is 15.2 Å². The maximum atomic E-state index is 13.3. The molecular weight excluding hydrogens is 506 g/mol. The Labute approximate surface area is 219 Å². The predicted molar refractivity (Wildman–Crippen MR) is 132 cm³/mol. The second-order valence-electron chi connectivity index (χ2n) is 9.99. The van der Waals surface area contributed by atoms with Crippen molar-refractivity contribution in [3.05, 3.63) is 57.6 Å². The Hall–Kier alpha value is -2.57. The number of nitrogens with two attached hydrogens (primary N) is 1. The van der Waals surface area contributed by atoms with E-state index in [9.17, 15) is 35.1 Å². The number of hydrogen-bond donors (Lipinski definition) is 6. The summed E-state index contributed by atoms with van der Waals surface area (Å²) < 4.78 is 11.8. The molecule has 0 spiro atoms. The van der Waals surface area contributed by atoms with Gasteiger partial charge in [-0.25, -0.2) is 0 Å². The molecule has 10 nitrogen and oxygen atoms in total. The van der Waals surface area contributed by atoms with E-state index in [1.54, 1.807) is 19.1 Å². The number of rotatable bonds is 3. The topological polar surface area (TPSA) is 180 Å². The molecule has 11 heteroatoms. The number of aromatic hydroxyl groups is 2. The number of carbonyl (C=O) groups is 2. The van der Waals surface area contributed by atoms with Crippen LogP contribution in [-0.2, 0) is 15.9 Å². The smallest absolute Gasteiger partial charge is 0.198 e. The van der Waals surface area contributed by atoms with Gasteiger partial charge in [0, 0.05) is 47.6 Å². The lowest BCUT2D eigenvalue weighted by molar-refractivity contribution is -0.250. The fourth-order valence-electron chi connectivity index (χ4n) is 5.50. The van der Waals surface area contributed by atoms with Gasteiger partial charge >= 0.3 is 0 Å². The van der Waals surface area contributed by atoms with Gasteiger partial charge in [0.1, 0.15) is 11.5 Å². The third kappa shape index (κ3) is 4.22. The molecular formula is C26H30ClNO9. The molecule has 0 radical (unpaired) electrons. The monoisotopic (exact) mass is 535 g/mol. The molecule has 1 fully saturated rings.